The summed E-state index contributed by atoms with van der Waals surface area (Å²) in [7, 11) is 0. The molecule has 0 N–H and O–H groups in total. The molecule has 1 aromatic carbocycles. The fraction of sp³-hybridized carbons (Fsp3) is 0.143. The molecular formula is C14H11NO3. The summed E-state index contributed by atoms with van der Waals surface area (Å²) in [4.78, 5) is 25.7. The Morgan fingerprint density at radius 1 is 0.944 bits per heavy atom. The van der Waals surface area contributed by atoms with E-state index in [1.807, 2.05) is 26.0 Å². The SMILES string of the molecule is Cc1ccc(C)c2c1C(=O)N(c1ccco1)C2=O. The lowest BCUT2D eigenvalue weighted by Gasteiger charge is -2.09. The first-order valence-corrected chi connectivity index (χ1v) is 5.63. The number of carbonyl (C=O) groups excluding carboxylic acids is 2. The zero-order chi connectivity index (χ0) is 12.9. The molecule has 0 aliphatic carbocycles. The lowest BCUT2D eigenvalue weighted by molar-refractivity contribution is 0.0920. The molecule has 0 atom stereocenters. The second kappa shape index (κ2) is 3.57. The summed E-state index contributed by atoms with van der Waals surface area (Å²) in [5, 5.41) is 0. The Hall–Kier alpha value is -2.36. The van der Waals surface area contributed by atoms with E-state index in [1.165, 1.54) is 6.26 Å². The van der Waals surface area contributed by atoms with E-state index in [0.717, 1.165) is 16.0 Å². The van der Waals surface area contributed by atoms with Crippen LogP contribution in [0, 0.1) is 13.8 Å². The molecule has 18 heavy (non-hydrogen) atoms. The molecule has 2 aromatic rings. The molecule has 3 rings (SSSR count). The number of nitrogens with zero attached hydrogens (tertiary/aromatic N) is 1. The van der Waals surface area contributed by atoms with Gasteiger partial charge in [-0.1, -0.05) is 12.1 Å². The highest BCUT2D eigenvalue weighted by Gasteiger charge is 2.40. The zero-order valence-corrected chi connectivity index (χ0v) is 10.1. The minimum Gasteiger partial charge on any atom is -0.448 e. The largest absolute Gasteiger partial charge is 0.448 e. The molecule has 0 saturated carbocycles. The molecule has 0 saturated heterocycles. The normalized spacial score (nSPS) is 14.2. The van der Waals surface area contributed by atoms with Crippen LogP contribution >= 0.6 is 0 Å². The van der Waals surface area contributed by atoms with Crippen molar-refractivity contribution in [2.75, 3.05) is 4.90 Å². The molecule has 0 radical (unpaired) electrons. The van der Waals surface area contributed by atoms with Gasteiger partial charge in [-0.25, -0.2) is 4.90 Å². The monoisotopic (exact) mass is 241 g/mol. The zero-order valence-electron chi connectivity index (χ0n) is 10.1. The molecule has 90 valence electrons. The molecule has 0 unspecified atom stereocenters. The van der Waals surface area contributed by atoms with Gasteiger partial charge in [0.05, 0.1) is 17.4 Å². The van der Waals surface area contributed by atoms with E-state index in [2.05, 4.69) is 0 Å². The Bertz CT molecular complexity index is 615. The number of rotatable bonds is 1. The van der Waals surface area contributed by atoms with Crippen molar-refractivity contribution in [3.63, 3.8) is 0 Å². The van der Waals surface area contributed by atoms with Crippen LogP contribution in [0.3, 0.4) is 0 Å². The average Bonchev–Trinajstić information content (AvgIpc) is 2.92. The molecule has 0 bridgehead atoms. The van der Waals surface area contributed by atoms with Crippen LogP contribution in [0.25, 0.3) is 0 Å². The summed E-state index contributed by atoms with van der Waals surface area (Å²) in [5.41, 5.74) is 2.58. The number of benzene rings is 1. The molecule has 0 spiro atoms. The third kappa shape index (κ3) is 1.26. The maximum Gasteiger partial charge on any atom is 0.268 e. The first-order valence-electron chi connectivity index (χ1n) is 5.63. The van der Waals surface area contributed by atoms with Gasteiger partial charge in [0.15, 0.2) is 0 Å². The van der Waals surface area contributed by atoms with Gasteiger partial charge in [0.2, 0.25) is 5.88 Å². The molecule has 1 aliphatic rings. The summed E-state index contributed by atoms with van der Waals surface area (Å²) in [5.74, 6) is -0.364. The molecule has 1 aliphatic heterocycles. The van der Waals surface area contributed by atoms with E-state index in [4.69, 9.17) is 4.42 Å². The highest BCUT2D eigenvalue weighted by molar-refractivity contribution is 6.34. The van der Waals surface area contributed by atoms with Crippen LogP contribution < -0.4 is 4.90 Å². The minimum atomic E-state index is -0.314. The van der Waals surface area contributed by atoms with Crippen molar-refractivity contribution < 1.29 is 14.0 Å². The fourth-order valence-electron chi connectivity index (χ4n) is 2.28. The van der Waals surface area contributed by atoms with Crippen molar-refractivity contribution in [1.82, 2.24) is 0 Å². The van der Waals surface area contributed by atoms with E-state index in [1.54, 1.807) is 12.1 Å². The van der Waals surface area contributed by atoms with E-state index in [9.17, 15) is 9.59 Å². The van der Waals surface area contributed by atoms with Crippen molar-refractivity contribution in [2.24, 2.45) is 0 Å². The Balaban J connectivity index is 2.23. The molecule has 4 heteroatoms. The van der Waals surface area contributed by atoms with Crippen molar-refractivity contribution >= 4 is 17.7 Å². The summed E-state index contributed by atoms with van der Waals surface area (Å²) in [6, 6.07) is 6.96. The number of amides is 2. The maximum atomic E-state index is 12.3. The number of fused-ring (bicyclic) bond motifs is 1. The van der Waals surface area contributed by atoms with Crippen molar-refractivity contribution in [3.8, 4) is 0 Å². The van der Waals surface area contributed by atoms with E-state index in [-0.39, 0.29) is 17.7 Å². The average molecular weight is 241 g/mol. The number of hydrogen-bond acceptors (Lipinski definition) is 3. The van der Waals surface area contributed by atoms with Gasteiger partial charge in [-0.15, -0.1) is 0 Å². The van der Waals surface area contributed by atoms with Gasteiger partial charge in [0, 0.05) is 6.07 Å². The molecule has 4 nitrogen and oxygen atoms in total. The van der Waals surface area contributed by atoms with Crippen LogP contribution in [0.15, 0.2) is 34.9 Å². The standard InChI is InChI=1S/C14H11NO3/c1-8-5-6-9(2)12-11(8)13(16)15(14(12)17)10-4-3-7-18-10/h3-7H,1-2H3. The van der Waals surface area contributed by atoms with Crippen LogP contribution in [0.5, 0.6) is 0 Å². The number of aryl methyl sites for hydroxylation is 2. The second-order valence-corrected chi connectivity index (χ2v) is 4.35. The molecule has 1 aromatic heterocycles. The number of imide groups is 1. The first-order chi connectivity index (χ1) is 8.61. The number of hydrogen-bond donors (Lipinski definition) is 0. The number of anilines is 1. The van der Waals surface area contributed by atoms with Crippen LogP contribution in [-0.4, -0.2) is 11.8 Å². The predicted molar refractivity (Wildman–Crippen MR) is 65.8 cm³/mol. The Kier molecular flexibility index (Phi) is 2.13. The van der Waals surface area contributed by atoms with E-state index >= 15 is 0 Å². The third-order valence-electron chi connectivity index (χ3n) is 3.18. The third-order valence-corrected chi connectivity index (χ3v) is 3.18. The van der Waals surface area contributed by atoms with Crippen molar-refractivity contribution in [3.05, 3.63) is 52.8 Å². The first kappa shape index (κ1) is 10.8. The number of furan rings is 1. The molecular weight excluding hydrogens is 230 g/mol. The quantitative estimate of drug-likeness (QED) is 0.721. The summed E-state index contributed by atoms with van der Waals surface area (Å²) in [6.45, 7) is 3.66. The van der Waals surface area contributed by atoms with Crippen LogP contribution in [0.4, 0.5) is 5.88 Å². The smallest absolute Gasteiger partial charge is 0.268 e. The topological polar surface area (TPSA) is 50.5 Å². The van der Waals surface area contributed by atoms with Gasteiger partial charge in [-0.2, -0.15) is 0 Å². The van der Waals surface area contributed by atoms with Crippen LogP contribution in [0.1, 0.15) is 31.8 Å². The van der Waals surface area contributed by atoms with Gasteiger partial charge in [-0.05, 0) is 31.0 Å². The molecule has 0 fully saturated rings. The van der Waals surface area contributed by atoms with Crippen LogP contribution in [-0.2, 0) is 0 Å². The maximum absolute atomic E-state index is 12.3. The molecule has 2 amide bonds. The predicted octanol–water partition coefficient (Wildman–Crippen LogP) is 2.70. The number of carbonyl (C=O) groups is 2. The minimum absolute atomic E-state index is 0.264. The van der Waals surface area contributed by atoms with Gasteiger partial charge in [-0.3, -0.25) is 9.59 Å². The Morgan fingerprint density at radius 2 is 1.50 bits per heavy atom. The Morgan fingerprint density at radius 3 is 1.94 bits per heavy atom. The second-order valence-electron chi connectivity index (χ2n) is 4.35. The summed E-state index contributed by atoms with van der Waals surface area (Å²) < 4.78 is 5.15. The lowest BCUT2D eigenvalue weighted by atomic mass is 9.99. The van der Waals surface area contributed by atoms with E-state index in [0.29, 0.717) is 11.1 Å². The lowest BCUT2D eigenvalue weighted by Crippen LogP contribution is -2.29. The van der Waals surface area contributed by atoms with E-state index < -0.39 is 0 Å². The van der Waals surface area contributed by atoms with Crippen molar-refractivity contribution in [2.45, 2.75) is 13.8 Å². The highest BCUT2D eigenvalue weighted by atomic mass is 16.4. The Labute approximate surface area is 104 Å². The molecule has 2 heterocycles. The van der Waals surface area contributed by atoms with Gasteiger partial charge < -0.3 is 4.42 Å². The highest BCUT2D eigenvalue weighted by Crippen LogP contribution is 2.32. The van der Waals surface area contributed by atoms with Gasteiger partial charge in [0.25, 0.3) is 11.8 Å². The van der Waals surface area contributed by atoms with Crippen molar-refractivity contribution in [1.29, 1.82) is 0 Å². The van der Waals surface area contributed by atoms with Gasteiger partial charge >= 0.3 is 0 Å². The fourth-order valence-corrected chi connectivity index (χ4v) is 2.28. The van der Waals surface area contributed by atoms with Gasteiger partial charge in [0.1, 0.15) is 0 Å². The summed E-state index contributed by atoms with van der Waals surface area (Å²) in [6.07, 6.45) is 1.44. The van der Waals surface area contributed by atoms with Crippen LogP contribution in [0.2, 0.25) is 0 Å². The summed E-state index contributed by atoms with van der Waals surface area (Å²) >= 11 is 0.